The molecule has 4 heteroatoms. The Morgan fingerprint density at radius 1 is 1.39 bits per heavy atom. The number of hydrogen-bond acceptors (Lipinski definition) is 3. The van der Waals surface area contributed by atoms with Gasteiger partial charge in [0.2, 0.25) is 0 Å². The zero-order valence-electron chi connectivity index (χ0n) is 10.8. The van der Waals surface area contributed by atoms with Crippen LogP contribution in [0.3, 0.4) is 0 Å². The van der Waals surface area contributed by atoms with E-state index in [1.165, 1.54) is 12.1 Å². The molecule has 3 N–H and O–H groups in total. The molecule has 1 aromatic rings. The second kappa shape index (κ2) is 5.24. The molecule has 1 unspecified atom stereocenters. The maximum atomic E-state index is 13.2. The van der Waals surface area contributed by atoms with E-state index >= 15 is 0 Å². The van der Waals surface area contributed by atoms with E-state index in [9.17, 15) is 9.50 Å². The molecule has 18 heavy (non-hydrogen) atoms. The van der Waals surface area contributed by atoms with Crippen LogP contribution in [-0.2, 0) is 6.54 Å². The Morgan fingerprint density at radius 2 is 2.17 bits per heavy atom. The Kier molecular flexibility index (Phi) is 3.88. The molecule has 1 atom stereocenters. The van der Waals surface area contributed by atoms with Crippen LogP contribution in [0.25, 0.3) is 0 Å². The fourth-order valence-corrected chi connectivity index (χ4v) is 2.53. The topological polar surface area (TPSA) is 49.5 Å². The summed E-state index contributed by atoms with van der Waals surface area (Å²) in [7, 11) is 0. The highest BCUT2D eigenvalue weighted by Gasteiger charge is 2.25. The van der Waals surface area contributed by atoms with Crippen LogP contribution >= 0.6 is 0 Å². The number of halogens is 1. The van der Waals surface area contributed by atoms with Crippen LogP contribution in [0.2, 0.25) is 0 Å². The van der Waals surface area contributed by atoms with E-state index in [4.69, 9.17) is 5.73 Å². The molecule has 3 nitrogen and oxygen atoms in total. The minimum atomic E-state index is -0.586. The predicted molar refractivity (Wildman–Crippen MR) is 71.0 cm³/mol. The maximum absolute atomic E-state index is 13.2. The van der Waals surface area contributed by atoms with Crippen LogP contribution in [0.5, 0.6) is 0 Å². The van der Waals surface area contributed by atoms with Gasteiger partial charge in [-0.05, 0) is 49.9 Å². The minimum Gasteiger partial charge on any atom is -0.390 e. The highest BCUT2D eigenvalue weighted by atomic mass is 19.1. The number of aliphatic hydroxyl groups is 1. The van der Waals surface area contributed by atoms with E-state index in [1.807, 2.05) is 6.92 Å². The van der Waals surface area contributed by atoms with Crippen molar-refractivity contribution in [3.8, 4) is 0 Å². The number of benzene rings is 1. The van der Waals surface area contributed by atoms with Crippen molar-refractivity contribution in [1.29, 1.82) is 0 Å². The van der Waals surface area contributed by atoms with Crippen LogP contribution in [0.15, 0.2) is 18.2 Å². The molecular formula is C14H21FN2O. The lowest BCUT2D eigenvalue weighted by Gasteiger charge is -2.26. The van der Waals surface area contributed by atoms with E-state index in [1.54, 1.807) is 6.07 Å². The average molecular weight is 252 g/mol. The number of nitrogens with zero attached hydrogens (tertiary/aromatic N) is 1. The Morgan fingerprint density at radius 3 is 2.89 bits per heavy atom. The van der Waals surface area contributed by atoms with Gasteiger partial charge in [0.1, 0.15) is 5.82 Å². The largest absolute Gasteiger partial charge is 0.390 e. The van der Waals surface area contributed by atoms with Crippen molar-refractivity contribution in [1.82, 2.24) is 0 Å². The van der Waals surface area contributed by atoms with E-state index in [0.29, 0.717) is 6.54 Å². The number of rotatable bonds is 2. The zero-order chi connectivity index (χ0) is 13.2. The first-order valence-electron chi connectivity index (χ1n) is 6.48. The van der Waals surface area contributed by atoms with Gasteiger partial charge in [-0.2, -0.15) is 0 Å². The minimum absolute atomic E-state index is 0.249. The van der Waals surface area contributed by atoms with Crippen molar-refractivity contribution in [2.75, 3.05) is 18.0 Å². The second-order valence-corrected chi connectivity index (χ2v) is 5.31. The molecule has 1 aliphatic heterocycles. The molecule has 1 fully saturated rings. The van der Waals surface area contributed by atoms with Crippen LogP contribution in [0.1, 0.15) is 31.7 Å². The lowest BCUT2D eigenvalue weighted by atomic mass is 9.98. The lowest BCUT2D eigenvalue weighted by Crippen LogP contribution is -2.29. The molecule has 1 heterocycles. The van der Waals surface area contributed by atoms with Crippen molar-refractivity contribution in [2.24, 2.45) is 5.73 Å². The van der Waals surface area contributed by atoms with Crippen LogP contribution in [0.4, 0.5) is 10.1 Å². The Balaban J connectivity index is 2.21. The van der Waals surface area contributed by atoms with Gasteiger partial charge in [0.25, 0.3) is 0 Å². The molecule has 100 valence electrons. The van der Waals surface area contributed by atoms with Crippen molar-refractivity contribution in [2.45, 2.75) is 38.3 Å². The third kappa shape index (κ3) is 3.00. The van der Waals surface area contributed by atoms with Gasteiger partial charge in [0, 0.05) is 25.3 Å². The third-order valence-corrected chi connectivity index (χ3v) is 3.67. The number of anilines is 1. The van der Waals surface area contributed by atoms with E-state index in [2.05, 4.69) is 4.90 Å². The van der Waals surface area contributed by atoms with Gasteiger partial charge in [-0.25, -0.2) is 4.39 Å². The van der Waals surface area contributed by atoms with Crippen molar-refractivity contribution < 1.29 is 9.50 Å². The van der Waals surface area contributed by atoms with Gasteiger partial charge in [-0.15, -0.1) is 0 Å². The summed E-state index contributed by atoms with van der Waals surface area (Å²) < 4.78 is 13.2. The summed E-state index contributed by atoms with van der Waals surface area (Å²) in [5.41, 5.74) is 6.92. The summed E-state index contributed by atoms with van der Waals surface area (Å²) in [5.74, 6) is -0.249. The summed E-state index contributed by atoms with van der Waals surface area (Å²) in [6.45, 7) is 3.88. The quantitative estimate of drug-likeness (QED) is 0.846. The molecule has 2 rings (SSSR count). The SMILES string of the molecule is CC1(O)CCCN(c2ccc(F)cc2CN)CC1. The summed E-state index contributed by atoms with van der Waals surface area (Å²) in [6, 6.07) is 4.76. The van der Waals surface area contributed by atoms with Gasteiger partial charge in [-0.1, -0.05) is 0 Å². The van der Waals surface area contributed by atoms with Crippen LogP contribution in [-0.4, -0.2) is 23.8 Å². The third-order valence-electron chi connectivity index (χ3n) is 3.67. The Labute approximate surface area is 107 Å². The Hall–Kier alpha value is -1.13. The molecule has 1 aliphatic rings. The molecule has 1 saturated heterocycles. The summed E-state index contributed by atoms with van der Waals surface area (Å²) in [6.07, 6.45) is 2.48. The van der Waals surface area contributed by atoms with E-state index in [0.717, 1.165) is 43.6 Å². The van der Waals surface area contributed by atoms with Crippen molar-refractivity contribution in [3.05, 3.63) is 29.6 Å². The summed E-state index contributed by atoms with van der Waals surface area (Å²) >= 11 is 0. The van der Waals surface area contributed by atoms with E-state index < -0.39 is 5.60 Å². The fourth-order valence-electron chi connectivity index (χ4n) is 2.53. The highest BCUT2D eigenvalue weighted by Crippen LogP contribution is 2.27. The molecule has 0 bridgehead atoms. The Bertz CT molecular complexity index is 420. The number of nitrogens with two attached hydrogens (primary N) is 1. The molecule has 0 aliphatic carbocycles. The van der Waals surface area contributed by atoms with Crippen LogP contribution in [0, 0.1) is 5.82 Å². The standard InChI is InChI=1S/C14H21FN2O/c1-14(18)5-2-7-17(8-6-14)13-4-3-12(15)9-11(13)10-16/h3-4,9,18H,2,5-8,10,16H2,1H3. The normalized spacial score (nSPS) is 25.0. The molecule has 0 spiro atoms. The molecule has 1 aromatic carbocycles. The smallest absolute Gasteiger partial charge is 0.123 e. The number of hydrogen-bond donors (Lipinski definition) is 2. The molecule has 0 amide bonds. The van der Waals surface area contributed by atoms with Gasteiger partial charge in [0.15, 0.2) is 0 Å². The lowest BCUT2D eigenvalue weighted by molar-refractivity contribution is 0.0481. The zero-order valence-corrected chi connectivity index (χ0v) is 10.8. The van der Waals surface area contributed by atoms with Gasteiger partial charge >= 0.3 is 0 Å². The van der Waals surface area contributed by atoms with E-state index in [-0.39, 0.29) is 5.82 Å². The molecule has 0 aromatic heterocycles. The van der Waals surface area contributed by atoms with Crippen molar-refractivity contribution >= 4 is 5.69 Å². The fraction of sp³-hybridized carbons (Fsp3) is 0.571. The molecule has 0 radical (unpaired) electrons. The monoisotopic (exact) mass is 252 g/mol. The van der Waals surface area contributed by atoms with Gasteiger partial charge in [0.05, 0.1) is 5.60 Å². The molecular weight excluding hydrogens is 231 g/mol. The first-order chi connectivity index (χ1) is 8.52. The van der Waals surface area contributed by atoms with Gasteiger partial charge < -0.3 is 15.7 Å². The summed E-state index contributed by atoms with van der Waals surface area (Å²) in [4.78, 5) is 2.20. The highest BCUT2D eigenvalue weighted by molar-refractivity contribution is 5.54. The van der Waals surface area contributed by atoms with Gasteiger partial charge in [-0.3, -0.25) is 0 Å². The molecule has 0 saturated carbocycles. The maximum Gasteiger partial charge on any atom is 0.123 e. The first kappa shape index (κ1) is 13.3. The van der Waals surface area contributed by atoms with Crippen LogP contribution < -0.4 is 10.6 Å². The van der Waals surface area contributed by atoms with Crippen molar-refractivity contribution in [3.63, 3.8) is 0 Å². The average Bonchev–Trinajstić information content (AvgIpc) is 2.50. The summed E-state index contributed by atoms with van der Waals surface area (Å²) in [5, 5.41) is 10.1. The second-order valence-electron chi connectivity index (χ2n) is 5.31. The predicted octanol–water partition coefficient (Wildman–Crippen LogP) is 2.03. The first-order valence-corrected chi connectivity index (χ1v) is 6.48.